The SMILES string of the molecule is CCCCCC(CC)OC1CO1. The predicted molar refractivity (Wildman–Crippen MR) is 49.0 cm³/mol. The molecule has 2 heteroatoms. The van der Waals surface area contributed by atoms with Gasteiger partial charge in [-0.1, -0.05) is 33.1 Å². The molecule has 0 aromatic rings. The minimum absolute atomic E-state index is 0.136. The molecular formula is C10H20O2. The first-order valence-electron chi connectivity index (χ1n) is 5.13. The molecule has 1 heterocycles. The molecule has 0 radical (unpaired) electrons. The van der Waals surface area contributed by atoms with Crippen LogP contribution in [0.5, 0.6) is 0 Å². The summed E-state index contributed by atoms with van der Waals surface area (Å²) in [6.45, 7) is 5.22. The molecule has 2 atom stereocenters. The van der Waals surface area contributed by atoms with Crippen molar-refractivity contribution in [1.82, 2.24) is 0 Å². The number of hydrogen-bond acceptors (Lipinski definition) is 2. The van der Waals surface area contributed by atoms with Crippen LogP contribution in [0, 0.1) is 0 Å². The second kappa shape index (κ2) is 5.55. The number of ether oxygens (including phenoxy) is 2. The van der Waals surface area contributed by atoms with Crippen LogP contribution in [0.25, 0.3) is 0 Å². The Hall–Kier alpha value is -0.0800. The van der Waals surface area contributed by atoms with Crippen molar-refractivity contribution in [2.75, 3.05) is 6.61 Å². The summed E-state index contributed by atoms with van der Waals surface area (Å²) in [5.41, 5.74) is 0. The van der Waals surface area contributed by atoms with Crippen molar-refractivity contribution in [1.29, 1.82) is 0 Å². The van der Waals surface area contributed by atoms with Crippen LogP contribution in [0.4, 0.5) is 0 Å². The molecule has 0 saturated carbocycles. The van der Waals surface area contributed by atoms with Gasteiger partial charge in [-0.3, -0.25) is 0 Å². The first kappa shape index (κ1) is 10.0. The van der Waals surface area contributed by atoms with Crippen LogP contribution >= 0.6 is 0 Å². The fourth-order valence-electron chi connectivity index (χ4n) is 1.32. The topological polar surface area (TPSA) is 21.8 Å². The largest absolute Gasteiger partial charge is 0.347 e. The van der Waals surface area contributed by atoms with Crippen molar-refractivity contribution in [3.8, 4) is 0 Å². The van der Waals surface area contributed by atoms with E-state index in [4.69, 9.17) is 9.47 Å². The number of unbranched alkanes of at least 4 members (excludes halogenated alkanes) is 2. The van der Waals surface area contributed by atoms with Gasteiger partial charge in [0.25, 0.3) is 0 Å². The van der Waals surface area contributed by atoms with Gasteiger partial charge in [0.1, 0.15) is 6.61 Å². The van der Waals surface area contributed by atoms with E-state index < -0.39 is 0 Å². The quantitative estimate of drug-likeness (QED) is 0.435. The Bertz CT molecular complexity index is 110. The Morgan fingerprint density at radius 1 is 1.42 bits per heavy atom. The Labute approximate surface area is 75.2 Å². The molecule has 0 aromatic carbocycles. The average Bonchev–Trinajstić information content (AvgIpc) is 2.87. The summed E-state index contributed by atoms with van der Waals surface area (Å²) in [7, 11) is 0. The summed E-state index contributed by atoms with van der Waals surface area (Å²) in [5.74, 6) is 0. The van der Waals surface area contributed by atoms with E-state index in [-0.39, 0.29) is 6.29 Å². The van der Waals surface area contributed by atoms with Gasteiger partial charge in [-0.15, -0.1) is 0 Å². The Balaban J connectivity index is 1.98. The summed E-state index contributed by atoms with van der Waals surface area (Å²) in [6.07, 6.45) is 6.79. The third kappa shape index (κ3) is 4.07. The van der Waals surface area contributed by atoms with Crippen LogP contribution in [0.1, 0.15) is 46.0 Å². The van der Waals surface area contributed by atoms with Crippen LogP contribution in [-0.4, -0.2) is 19.0 Å². The highest BCUT2D eigenvalue weighted by Crippen LogP contribution is 2.18. The Morgan fingerprint density at radius 2 is 2.17 bits per heavy atom. The first-order valence-corrected chi connectivity index (χ1v) is 5.13. The molecule has 0 spiro atoms. The maximum absolute atomic E-state index is 5.63. The van der Waals surface area contributed by atoms with Gasteiger partial charge in [-0.25, -0.2) is 0 Å². The summed E-state index contributed by atoms with van der Waals surface area (Å²) in [6, 6.07) is 0. The highest BCUT2D eigenvalue weighted by atomic mass is 16.8. The van der Waals surface area contributed by atoms with Crippen LogP contribution in [0.2, 0.25) is 0 Å². The van der Waals surface area contributed by atoms with Gasteiger partial charge >= 0.3 is 0 Å². The van der Waals surface area contributed by atoms with Crippen LogP contribution in [-0.2, 0) is 9.47 Å². The van der Waals surface area contributed by atoms with Crippen molar-refractivity contribution in [2.24, 2.45) is 0 Å². The molecule has 2 nitrogen and oxygen atoms in total. The lowest BCUT2D eigenvalue weighted by atomic mass is 10.1. The Morgan fingerprint density at radius 3 is 2.67 bits per heavy atom. The van der Waals surface area contributed by atoms with Crippen molar-refractivity contribution in [2.45, 2.75) is 58.3 Å². The third-order valence-corrected chi connectivity index (χ3v) is 2.23. The summed E-state index contributed by atoms with van der Waals surface area (Å²) >= 11 is 0. The first-order chi connectivity index (χ1) is 5.86. The average molecular weight is 172 g/mol. The van der Waals surface area contributed by atoms with Gasteiger partial charge in [0.2, 0.25) is 0 Å². The third-order valence-electron chi connectivity index (χ3n) is 2.23. The van der Waals surface area contributed by atoms with Crippen molar-refractivity contribution >= 4 is 0 Å². The molecular weight excluding hydrogens is 152 g/mol. The maximum atomic E-state index is 5.63. The normalized spacial score (nSPS) is 24.0. The fraction of sp³-hybridized carbons (Fsp3) is 1.00. The Kier molecular flexibility index (Phi) is 4.62. The molecule has 2 unspecified atom stereocenters. The van der Waals surface area contributed by atoms with E-state index in [1.807, 2.05) is 0 Å². The number of epoxide rings is 1. The fourth-order valence-corrected chi connectivity index (χ4v) is 1.32. The standard InChI is InChI=1S/C10H20O2/c1-3-5-6-7-9(4-2)12-10-8-11-10/h9-10H,3-8H2,1-2H3. The van der Waals surface area contributed by atoms with E-state index in [0.29, 0.717) is 6.10 Å². The van der Waals surface area contributed by atoms with Crippen LogP contribution in [0.3, 0.4) is 0 Å². The van der Waals surface area contributed by atoms with Gasteiger partial charge in [-0.2, -0.15) is 0 Å². The van der Waals surface area contributed by atoms with E-state index in [1.54, 1.807) is 0 Å². The molecule has 72 valence electrons. The zero-order chi connectivity index (χ0) is 8.81. The van der Waals surface area contributed by atoms with E-state index in [0.717, 1.165) is 13.0 Å². The molecule has 0 N–H and O–H groups in total. The molecule has 1 fully saturated rings. The van der Waals surface area contributed by atoms with Gasteiger partial charge < -0.3 is 9.47 Å². The summed E-state index contributed by atoms with van der Waals surface area (Å²) < 4.78 is 10.7. The summed E-state index contributed by atoms with van der Waals surface area (Å²) in [5, 5.41) is 0. The van der Waals surface area contributed by atoms with Gasteiger partial charge in [0.05, 0.1) is 6.10 Å². The smallest absolute Gasteiger partial charge is 0.181 e. The molecule has 0 amide bonds. The lowest BCUT2D eigenvalue weighted by Crippen LogP contribution is -2.13. The highest BCUT2D eigenvalue weighted by molar-refractivity contribution is 4.62. The number of rotatable bonds is 7. The van der Waals surface area contributed by atoms with E-state index in [9.17, 15) is 0 Å². The zero-order valence-electron chi connectivity index (χ0n) is 8.21. The van der Waals surface area contributed by atoms with Crippen LogP contribution < -0.4 is 0 Å². The molecule has 0 aliphatic carbocycles. The molecule has 1 aliphatic heterocycles. The molecule has 1 saturated heterocycles. The molecule has 1 rings (SSSR count). The second-order valence-electron chi connectivity index (χ2n) is 3.43. The minimum Gasteiger partial charge on any atom is -0.347 e. The van der Waals surface area contributed by atoms with Gasteiger partial charge in [0, 0.05) is 0 Å². The zero-order valence-corrected chi connectivity index (χ0v) is 8.21. The van der Waals surface area contributed by atoms with E-state index >= 15 is 0 Å². The molecule has 1 aliphatic rings. The monoisotopic (exact) mass is 172 g/mol. The second-order valence-corrected chi connectivity index (χ2v) is 3.43. The van der Waals surface area contributed by atoms with Crippen molar-refractivity contribution in [3.05, 3.63) is 0 Å². The lowest BCUT2D eigenvalue weighted by Gasteiger charge is -2.13. The highest BCUT2D eigenvalue weighted by Gasteiger charge is 2.26. The predicted octanol–water partition coefficient (Wildman–Crippen LogP) is 2.72. The van der Waals surface area contributed by atoms with E-state index in [2.05, 4.69) is 13.8 Å². The van der Waals surface area contributed by atoms with Crippen LogP contribution in [0.15, 0.2) is 0 Å². The lowest BCUT2D eigenvalue weighted by molar-refractivity contribution is -0.0176. The molecule has 0 bridgehead atoms. The summed E-state index contributed by atoms with van der Waals surface area (Å²) in [4.78, 5) is 0. The molecule has 0 aromatic heterocycles. The van der Waals surface area contributed by atoms with E-state index in [1.165, 1.54) is 25.7 Å². The molecule has 12 heavy (non-hydrogen) atoms. The van der Waals surface area contributed by atoms with Crippen molar-refractivity contribution in [3.63, 3.8) is 0 Å². The van der Waals surface area contributed by atoms with Gasteiger partial charge in [-0.05, 0) is 12.8 Å². The number of hydrogen-bond donors (Lipinski definition) is 0. The van der Waals surface area contributed by atoms with Crippen molar-refractivity contribution < 1.29 is 9.47 Å². The minimum atomic E-state index is 0.136. The maximum Gasteiger partial charge on any atom is 0.181 e. The van der Waals surface area contributed by atoms with Gasteiger partial charge in [0.15, 0.2) is 6.29 Å².